The summed E-state index contributed by atoms with van der Waals surface area (Å²) in [5.41, 5.74) is 0.285. The number of hydrogen-bond acceptors (Lipinski definition) is 3. The van der Waals surface area contributed by atoms with Crippen LogP contribution in [0.5, 0.6) is 0 Å². The van der Waals surface area contributed by atoms with E-state index in [0.717, 1.165) is 55.2 Å². The minimum atomic E-state index is -4.57. The van der Waals surface area contributed by atoms with Crippen LogP contribution in [0.15, 0.2) is 77.7 Å². The number of alkyl halides is 3. The highest BCUT2D eigenvalue weighted by Gasteiger charge is 2.32. The van der Waals surface area contributed by atoms with E-state index in [1.54, 1.807) is 42.5 Å². The molecule has 1 aliphatic carbocycles. The van der Waals surface area contributed by atoms with E-state index in [-0.39, 0.29) is 22.5 Å². The van der Waals surface area contributed by atoms with Gasteiger partial charge in [-0.25, -0.2) is 0 Å². The number of anilines is 2. The molecule has 0 aliphatic heterocycles. The molecular formula is C28H26ClF3N2O2S. The molecule has 37 heavy (non-hydrogen) atoms. The number of amides is 2. The molecular weight excluding hydrogens is 521 g/mol. The molecule has 1 fully saturated rings. The van der Waals surface area contributed by atoms with Crippen LogP contribution in [0.2, 0.25) is 5.02 Å². The Kier molecular flexibility index (Phi) is 8.82. The summed E-state index contributed by atoms with van der Waals surface area (Å²) < 4.78 is 39.6. The van der Waals surface area contributed by atoms with Crippen molar-refractivity contribution in [2.45, 2.75) is 48.4 Å². The van der Waals surface area contributed by atoms with Gasteiger partial charge in [-0.2, -0.15) is 13.2 Å². The summed E-state index contributed by atoms with van der Waals surface area (Å²) in [5.74, 6) is -0.516. The number of rotatable bonds is 7. The zero-order chi connectivity index (χ0) is 26.4. The van der Waals surface area contributed by atoms with Crippen LogP contribution >= 0.6 is 23.4 Å². The van der Waals surface area contributed by atoms with Gasteiger partial charge in [0.25, 0.3) is 0 Å². The molecule has 3 aromatic carbocycles. The lowest BCUT2D eigenvalue weighted by atomic mass is 9.88. The monoisotopic (exact) mass is 546 g/mol. The zero-order valence-corrected chi connectivity index (χ0v) is 21.4. The Morgan fingerprint density at radius 3 is 2.32 bits per heavy atom. The molecule has 2 N–H and O–H groups in total. The van der Waals surface area contributed by atoms with Crippen molar-refractivity contribution in [2.24, 2.45) is 5.92 Å². The molecule has 0 radical (unpaired) electrons. The van der Waals surface area contributed by atoms with Gasteiger partial charge in [-0.3, -0.25) is 9.59 Å². The number of hydrogen-bond donors (Lipinski definition) is 2. The summed E-state index contributed by atoms with van der Waals surface area (Å²) in [6.07, 6.45) is 0.462. The lowest BCUT2D eigenvalue weighted by molar-refractivity contribution is -0.137. The Bertz CT molecular complexity index is 1250. The van der Waals surface area contributed by atoms with Crippen LogP contribution in [-0.2, 0) is 15.8 Å². The molecule has 0 aromatic heterocycles. The van der Waals surface area contributed by atoms with Gasteiger partial charge in [0.1, 0.15) is 5.25 Å². The van der Waals surface area contributed by atoms with Gasteiger partial charge in [0.2, 0.25) is 11.8 Å². The number of carbonyl (C=O) groups is 2. The maximum Gasteiger partial charge on any atom is 0.416 e. The smallest absolute Gasteiger partial charge is 0.326 e. The Morgan fingerprint density at radius 2 is 1.62 bits per heavy atom. The molecule has 2 amide bonds. The molecule has 9 heteroatoms. The van der Waals surface area contributed by atoms with Crippen molar-refractivity contribution in [3.8, 4) is 0 Å². The van der Waals surface area contributed by atoms with E-state index in [1.807, 2.05) is 12.1 Å². The quantitative estimate of drug-likeness (QED) is 0.293. The highest BCUT2D eigenvalue weighted by atomic mass is 35.5. The molecule has 4 nitrogen and oxygen atoms in total. The second kappa shape index (κ2) is 12.0. The van der Waals surface area contributed by atoms with Gasteiger partial charge in [-0.1, -0.05) is 67.3 Å². The van der Waals surface area contributed by atoms with Gasteiger partial charge < -0.3 is 10.6 Å². The fourth-order valence-electron chi connectivity index (χ4n) is 4.29. The minimum absolute atomic E-state index is 0.00149. The number of nitrogens with one attached hydrogen (secondary N) is 2. The number of thioether (sulfide) groups is 1. The van der Waals surface area contributed by atoms with Gasteiger partial charge in [0, 0.05) is 16.5 Å². The Labute approximate surface area is 223 Å². The topological polar surface area (TPSA) is 58.2 Å². The lowest BCUT2D eigenvalue weighted by Gasteiger charge is -2.21. The van der Waals surface area contributed by atoms with Crippen molar-refractivity contribution in [3.05, 3.63) is 88.9 Å². The van der Waals surface area contributed by atoms with E-state index in [2.05, 4.69) is 10.6 Å². The third-order valence-electron chi connectivity index (χ3n) is 6.22. The summed E-state index contributed by atoms with van der Waals surface area (Å²) in [6, 6.07) is 19.0. The second-order valence-electron chi connectivity index (χ2n) is 8.94. The van der Waals surface area contributed by atoms with Crippen LogP contribution in [0.4, 0.5) is 24.5 Å². The second-order valence-corrected chi connectivity index (χ2v) is 10.5. The number of carbonyl (C=O) groups excluding carboxylic acids is 2. The van der Waals surface area contributed by atoms with Crippen molar-refractivity contribution in [2.75, 3.05) is 10.6 Å². The first-order valence-electron chi connectivity index (χ1n) is 12.0. The van der Waals surface area contributed by atoms with E-state index < -0.39 is 22.9 Å². The third kappa shape index (κ3) is 7.29. The molecule has 0 saturated heterocycles. The molecule has 194 valence electrons. The molecule has 0 heterocycles. The maximum absolute atomic E-state index is 13.4. The highest BCUT2D eigenvalue weighted by Crippen LogP contribution is 2.39. The van der Waals surface area contributed by atoms with E-state index in [4.69, 9.17) is 11.6 Å². The van der Waals surface area contributed by atoms with Crippen LogP contribution in [0, 0.1) is 5.92 Å². The molecule has 1 unspecified atom stereocenters. The Morgan fingerprint density at radius 1 is 0.892 bits per heavy atom. The van der Waals surface area contributed by atoms with Gasteiger partial charge in [-0.05, 0) is 54.8 Å². The van der Waals surface area contributed by atoms with Gasteiger partial charge in [-0.15, -0.1) is 11.8 Å². The minimum Gasteiger partial charge on any atom is -0.326 e. The average molecular weight is 547 g/mol. The summed E-state index contributed by atoms with van der Waals surface area (Å²) >= 11 is 7.34. The summed E-state index contributed by atoms with van der Waals surface area (Å²) in [7, 11) is 0. The molecule has 1 aliphatic rings. The molecule has 0 spiro atoms. The van der Waals surface area contributed by atoms with Gasteiger partial charge >= 0.3 is 6.18 Å². The van der Waals surface area contributed by atoms with Crippen molar-refractivity contribution >= 4 is 46.6 Å². The standard InChI is InChI=1S/C28H26ClF3N2O2S/c29-23-15-14-20(28(30,31)32)16-24(23)34-27(36)25(18-8-3-1-4-9-18)37-22-13-7-12-21(17-22)33-26(35)19-10-5-2-6-11-19/h1,3-4,7-9,12-17,19,25H,2,5-6,10-11H2,(H,33,35)(H,34,36). The van der Waals surface area contributed by atoms with E-state index >= 15 is 0 Å². The Hall–Kier alpha value is -2.97. The van der Waals surface area contributed by atoms with Crippen molar-refractivity contribution in [1.29, 1.82) is 0 Å². The van der Waals surface area contributed by atoms with Gasteiger partial charge in [0.05, 0.1) is 16.3 Å². The first-order valence-corrected chi connectivity index (χ1v) is 13.3. The molecule has 3 aromatic rings. The van der Waals surface area contributed by atoms with Crippen molar-refractivity contribution in [3.63, 3.8) is 0 Å². The van der Waals surface area contributed by atoms with Crippen molar-refractivity contribution in [1.82, 2.24) is 0 Å². The summed E-state index contributed by atoms with van der Waals surface area (Å²) in [4.78, 5) is 26.8. The number of benzene rings is 3. The molecule has 4 rings (SSSR count). The molecule has 1 saturated carbocycles. The van der Waals surface area contributed by atoms with Crippen molar-refractivity contribution < 1.29 is 22.8 Å². The van der Waals surface area contributed by atoms with Gasteiger partial charge in [0.15, 0.2) is 0 Å². The van der Waals surface area contributed by atoms with Crippen LogP contribution in [0.25, 0.3) is 0 Å². The summed E-state index contributed by atoms with van der Waals surface area (Å²) in [5, 5.41) is 4.78. The normalized spacial score (nSPS) is 15.1. The zero-order valence-electron chi connectivity index (χ0n) is 19.9. The van der Waals surface area contributed by atoms with E-state index in [9.17, 15) is 22.8 Å². The van der Waals surface area contributed by atoms with E-state index in [0.29, 0.717) is 11.3 Å². The average Bonchev–Trinajstić information content (AvgIpc) is 2.89. The van der Waals surface area contributed by atoms with Crippen LogP contribution in [-0.4, -0.2) is 11.8 Å². The van der Waals surface area contributed by atoms with Crippen LogP contribution in [0.3, 0.4) is 0 Å². The lowest BCUT2D eigenvalue weighted by Crippen LogP contribution is -2.24. The first-order chi connectivity index (χ1) is 17.7. The Balaban J connectivity index is 1.54. The first kappa shape index (κ1) is 27.1. The summed E-state index contributed by atoms with van der Waals surface area (Å²) in [6.45, 7) is 0. The third-order valence-corrected chi connectivity index (χ3v) is 7.80. The predicted octanol–water partition coefficient (Wildman–Crippen LogP) is 8.35. The SMILES string of the molecule is O=C(Nc1cccc(SC(C(=O)Nc2cc(C(F)(F)F)ccc2Cl)c2ccccc2)c1)C1CCCCC1. The molecule has 0 bridgehead atoms. The highest BCUT2D eigenvalue weighted by molar-refractivity contribution is 8.00. The molecule has 1 atom stereocenters. The fraction of sp³-hybridized carbons (Fsp3) is 0.286. The van der Waals surface area contributed by atoms with Crippen LogP contribution in [0.1, 0.15) is 48.5 Å². The maximum atomic E-state index is 13.4. The predicted molar refractivity (Wildman–Crippen MR) is 142 cm³/mol. The number of halogens is 4. The largest absolute Gasteiger partial charge is 0.416 e. The van der Waals surface area contributed by atoms with Crippen LogP contribution < -0.4 is 10.6 Å². The fourth-order valence-corrected chi connectivity index (χ4v) is 5.54. The van der Waals surface area contributed by atoms with E-state index in [1.165, 1.54) is 11.8 Å².